The van der Waals surface area contributed by atoms with Crippen LogP contribution in [0, 0.1) is 23.7 Å². The van der Waals surface area contributed by atoms with Gasteiger partial charge in [-0.1, -0.05) is 181 Å². The van der Waals surface area contributed by atoms with E-state index in [4.69, 9.17) is 0 Å². The predicted molar refractivity (Wildman–Crippen MR) is 207 cm³/mol. The van der Waals surface area contributed by atoms with E-state index in [0.29, 0.717) is 0 Å². The normalized spacial score (nSPS) is 14.2. The minimum atomic E-state index is -0.673. The van der Waals surface area contributed by atoms with Gasteiger partial charge in [-0.25, -0.2) is 0 Å². The predicted octanol–water partition coefficient (Wildman–Crippen LogP) is 11.4. The van der Waals surface area contributed by atoms with Gasteiger partial charge in [0.05, 0.1) is 0 Å². The van der Waals surface area contributed by atoms with Crippen molar-refractivity contribution in [3.05, 3.63) is 226 Å². The second kappa shape index (κ2) is 12.7. The molecule has 2 aliphatic heterocycles. The molecule has 234 valence electrons. The smallest absolute Gasteiger partial charge is 0.0894 e. The summed E-state index contributed by atoms with van der Waals surface area (Å²) >= 11 is 3.65. The monoisotopic (exact) mass is 670 g/mol. The lowest BCUT2D eigenvalue weighted by atomic mass is 9.66. The molecule has 7 aromatic rings. The number of rotatable bonds is 2. The van der Waals surface area contributed by atoms with Crippen LogP contribution in [0.1, 0.15) is 44.5 Å². The largest absolute Gasteiger partial charge is 0.109 e. The van der Waals surface area contributed by atoms with Crippen molar-refractivity contribution < 1.29 is 0 Å². The van der Waals surface area contributed by atoms with Gasteiger partial charge >= 0.3 is 0 Å². The SMILES string of the molecule is C(#CC1(c2ccc(C3(C#Cc4ccccc4)c4ccccc4Sc4ccccc43)cc2)c2ccccc2Sc2ccccc21)c1ccccc1. The highest BCUT2D eigenvalue weighted by Crippen LogP contribution is 2.54. The molecule has 2 aliphatic rings. The third-order valence-electron chi connectivity index (χ3n) is 9.69. The Morgan fingerprint density at radius 3 is 0.900 bits per heavy atom. The average Bonchev–Trinajstić information content (AvgIpc) is 3.19. The van der Waals surface area contributed by atoms with E-state index < -0.39 is 10.8 Å². The molecule has 0 aromatic heterocycles. The first-order valence-electron chi connectivity index (χ1n) is 16.8. The first-order chi connectivity index (χ1) is 24.8. The molecule has 0 spiro atoms. The third-order valence-corrected chi connectivity index (χ3v) is 12.0. The number of hydrogen-bond acceptors (Lipinski definition) is 2. The lowest BCUT2D eigenvalue weighted by molar-refractivity contribution is 0.741. The van der Waals surface area contributed by atoms with E-state index >= 15 is 0 Å². The maximum Gasteiger partial charge on any atom is 0.109 e. The van der Waals surface area contributed by atoms with E-state index in [1.54, 1.807) is 0 Å². The summed E-state index contributed by atoms with van der Waals surface area (Å²) in [6.45, 7) is 0. The molecule has 50 heavy (non-hydrogen) atoms. The fourth-order valence-electron chi connectivity index (χ4n) is 7.37. The van der Waals surface area contributed by atoms with E-state index in [9.17, 15) is 0 Å². The lowest BCUT2D eigenvalue weighted by Crippen LogP contribution is -2.33. The van der Waals surface area contributed by atoms with Crippen molar-refractivity contribution in [1.29, 1.82) is 0 Å². The van der Waals surface area contributed by atoms with Gasteiger partial charge in [0.15, 0.2) is 0 Å². The van der Waals surface area contributed by atoms with Crippen molar-refractivity contribution >= 4 is 23.5 Å². The molecule has 7 aromatic carbocycles. The topological polar surface area (TPSA) is 0 Å². The molecule has 9 rings (SSSR count). The van der Waals surface area contributed by atoms with Crippen LogP contribution in [0.15, 0.2) is 202 Å². The second-order valence-electron chi connectivity index (χ2n) is 12.5. The standard InChI is InChI=1S/C48H30S2/c1-3-15-35(16-4-1)31-33-47(39-19-7-11-23-43(39)49-44-24-12-8-20-40(44)47)37-27-29-38(30-28-37)48(34-32-36-17-5-2-6-18-36)41-21-9-13-25-45(41)50-46-26-14-10-22-42(46)48/h1-30H. The minimum absolute atomic E-state index is 0.673. The van der Waals surface area contributed by atoms with Gasteiger partial charge in [0.1, 0.15) is 10.8 Å². The van der Waals surface area contributed by atoms with Crippen LogP contribution in [-0.2, 0) is 10.8 Å². The molecule has 0 radical (unpaired) electrons. The highest BCUT2D eigenvalue weighted by Gasteiger charge is 2.44. The highest BCUT2D eigenvalue weighted by molar-refractivity contribution is 7.99. The summed E-state index contributed by atoms with van der Waals surface area (Å²) in [5.41, 5.74) is 7.78. The second-order valence-corrected chi connectivity index (χ2v) is 14.7. The number of benzene rings is 7. The fourth-order valence-corrected chi connectivity index (χ4v) is 9.75. The Kier molecular flexibility index (Phi) is 7.71. The van der Waals surface area contributed by atoms with Crippen LogP contribution >= 0.6 is 23.5 Å². The van der Waals surface area contributed by atoms with Crippen LogP contribution in [-0.4, -0.2) is 0 Å². The van der Waals surface area contributed by atoms with E-state index in [2.05, 4.69) is 194 Å². The summed E-state index contributed by atoms with van der Waals surface area (Å²) in [5, 5.41) is 0. The Bertz CT molecular complexity index is 2220. The molecule has 0 fully saturated rings. The molecule has 0 atom stereocenters. The van der Waals surface area contributed by atoms with E-state index in [1.807, 2.05) is 35.7 Å². The summed E-state index contributed by atoms with van der Waals surface area (Å²) in [4.78, 5) is 4.93. The Labute approximate surface area is 302 Å². The van der Waals surface area contributed by atoms with Crippen LogP contribution in [0.2, 0.25) is 0 Å². The minimum Gasteiger partial charge on any atom is -0.0894 e. The highest BCUT2D eigenvalue weighted by atomic mass is 32.2. The molecule has 2 heterocycles. The van der Waals surface area contributed by atoms with Gasteiger partial charge in [-0.2, -0.15) is 0 Å². The molecule has 0 nitrogen and oxygen atoms in total. The van der Waals surface area contributed by atoms with Gasteiger partial charge in [-0.3, -0.25) is 0 Å². The average molecular weight is 671 g/mol. The van der Waals surface area contributed by atoms with Gasteiger partial charge in [0.25, 0.3) is 0 Å². The Morgan fingerprint density at radius 2 is 0.580 bits per heavy atom. The van der Waals surface area contributed by atoms with Crippen molar-refractivity contribution in [2.75, 3.05) is 0 Å². The maximum absolute atomic E-state index is 3.87. The van der Waals surface area contributed by atoms with E-state index in [0.717, 1.165) is 22.3 Å². The lowest BCUT2D eigenvalue weighted by Gasteiger charge is -2.39. The van der Waals surface area contributed by atoms with Gasteiger partial charge in [0.2, 0.25) is 0 Å². The molecule has 0 N–H and O–H groups in total. The first kappa shape index (κ1) is 30.4. The van der Waals surface area contributed by atoms with Crippen LogP contribution in [0.5, 0.6) is 0 Å². The molecular formula is C48H30S2. The van der Waals surface area contributed by atoms with Crippen molar-refractivity contribution in [3.8, 4) is 23.7 Å². The zero-order chi connectivity index (χ0) is 33.4. The van der Waals surface area contributed by atoms with Crippen molar-refractivity contribution in [3.63, 3.8) is 0 Å². The molecule has 0 bridgehead atoms. The van der Waals surface area contributed by atoms with E-state index in [1.165, 1.54) is 41.8 Å². The van der Waals surface area contributed by atoms with Crippen LogP contribution < -0.4 is 0 Å². The summed E-state index contributed by atoms with van der Waals surface area (Å²) in [7, 11) is 0. The van der Waals surface area contributed by atoms with Crippen molar-refractivity contribution in [1.82, 2.24) is 0 Å². The van der Waals surface area contributed by atoms with Crippen LogP contribution in [0.25, 0.3) is 0 Å². The fraction of sp³-hybridized carbons (Fsp3) is 0.0417. The number of hydrogen-bond donors (Lipinski definition) is 0. The summed E-state index contributed by atoms with van der Waals surface area (Å²) in [6.07, 6.45) is 0. The van der Waals surface area contributed by atoms with Gasteiger partial charge in [-0.15, -0.1) is 0 Å². The molecule has 0 unspecified atom stereocenters. The van der Waals surface area contributed by atoms with Crippen LogP contribution in [0.4, 0.5) is 0 Å². The van der Waals surface area contributed by atoms with Gasteiger partial charge in [-0.05, 0) is 81.9 Å². The van der Waals surface area contributed by atoms with Crippen molar-refractivity contribution in [2.24, 2.45) is 0 Å². The first-order valence-corrected chi connectivity index (χ1v) is 18.4. The Morgan fingerprint density at radius 1 is 0.300 bits per heavy atom. The summed E-state index contributed by atoms with van der Waals surface area (Å²) in [6, 6.07) is 64.9. The Balaban J connectivity index is 1.30. The maximum atomic E-state index is 3.87. The van der Waals surface area contributed by atoms with Crippen molar-refractivity contribution in [2.45, 2.75) is 30.4 Å². The summed E-state index contributed by atoms with van der Waals surface area (Å²) < 4.78 is 0. The Hall–Kier alpha value is -5.64. The zero-order valence-electron chi connectivity index (χ0n) is 27.1. The van der Waals surface area contributed by atoms with Crippen LogP contribution in [0.3, 0.4) is 0 Å². The third kappa shape index (κ3) is 5.00. The summed E-state index contributed by atoms with van der Waals surface area (Å²) in [5.74, 6) is 14.9. The van der Waals surface area contributed by atoms with Gasteiger partial charge < -0.3 is 0 Å². The van der Waals surface area contributed by atoms with E-state index in [-0.39, 0.29) is 0 Å². The molecule has 0 amide bonds. The number of fused-ring (bicyclic) bond motifs is 4. The molecule has 0 saturated carbocycles. The molecule has 0 saturated heterocycles. The van der Waals surface area contributed by atoms with Gasteiger partial charge in [0, 0.05) is 30.7 Å². The zero-order valence-corrected chi connectivity index (χ0v) is 28.8. The molecular weight excluding hydrogens is 641 g/mol. The molecule has 2 heteroatoms. The quantitative estimate of drug-likeness (QED) is 0.168. The molecule has 0 aliphatic carbocycles.